The summed E-state index contributed by atoms with van der Waals surface area (Å²) in [6.45, 7) is 4.28. The Morgan fingerprint density at radius 3 is 2.24 bits per heavy atom. The Balaban J connectivity index is 1.94. The van der Waals surface area contributed by atoms with Gasteiger partial charge in [-0.3, -0.25) is 4.79 Å². The van der Waals surface area contributed by atoms with Crippen LogP contribution in [-0.4, -0.2) is 23.0 Å². The lowest BCUT2D eigenvalue weighted by molar-refractivity contribution is -0.139. The summed E-state index contributed by atoms with van der Waals surface area (Å²) in [5.74, 6) is -0.597. The summed E-state index contributed by atoms with van der Waals surface area (Å²) in [5, 5.41) is 11.8. The zero-order valence-electron chi connectivity index (χ0n) is 14.4. The van der Waals surface area contributed by atoms with Crippen molar-refractivity contribution in [1.82, 2.24) is 5.32 Å². The van der Waals surface area contributed by atoms with Gasteiger partial charge >= 0.3 is 5.97 Å². The maximum Gasteiger partial charge on any atom is 0.326 e. The number of hydrogen-bond donors (Lipinski definition) is 2. The van der Waals surface area contributed by atoms with Gasteiger partial charge in [0.25, 0.3) is 5.91 Å². The van der Waals surface area contributed by atoms with Crippen LogP contribution in [0.3, 0.4) is 0 Å². The molecule has 0 aromatic heterocycles. The van der Waals surface area contributed by atoms with E-state index in [1.165, 1.54) is 0 Å². The van der Waals surface area contributed by atoms with E-state index in [0.717, 1.165) is 5.56 Å². The Labute approximate surface area is 147 Å². The number of aliphatic carboxylic acids is 1. The molecule has 0 saturated carbocycles. The molecule has 0 aliphatic rings. The number of benzene rings is 2. The monoisotopic (exact) mass is 341 g/mol. The Bertz CT molecular complexity index is 695. The molecule has 2 aromatic carbocycles. The molecule has 0 aliphatic heterocycles. The molecule has 1 amide bonds. The number of nitrogens with one attached hydrogen (secondary N) is 1. The first kappa shape index (κ1) is 18.5. The molecule has 2 rings (SSSR count). The molecular formula is C20H23NO4. The fourth-order valence-corrected chi connectivity index (χ4v) is 2.38. The number of amides is 1. The van der Waals surface area contributed by atoms with Gasteiger partial charge in [-0.1, -0.05) is 44.2 Å². The van der Waals surface area contributed by atoms with Crippen molar-refractivity contribution < 1.29 is 19.4 Å². The van der Waals surface area contributed by atoms with Crippen LogP contribution in [0.15, 0.2) is 54.6 Å². The average Bonchev–Trinajstić information content (AvgIpc) is 2.60. The molecule has 5 heteroatoms. The van der Waals surface area contributed by atoms with Gasteiger partial charge in [0.1, 0.15) is 18.4 Å². The van der Waals surface area contributed by atoms with Crippen LogP contribution in [0.25, 0.3) is 0 Å². The van der Waals surface area contributed by atoms with E-state index in [1.54, 1.807) is 24.3 Å². The molecule has 1 atom stereocenters. The second-order valence-electron chi connectivity index (χ2n) is 6.29. The van der Waals surface area contributed by atoms with Gasteiger partial charge in [-0.15, -0.1) is 0 Å². The lowest BCUT2D eigenvalue weighted by Gasteiger charge is -2.16. The molecule has 2 aromatic rings. The summed E-state index contributed by atoms with van der Waals surface area (Å²) in [4.78, 5) is 23.5. The molecule has 1 unspecified atom stereocenters. The summed E-state index contributed by atoms with van der Waals surface area (Å²) in [6.07, 6.45) is 0.388. The molecule has 0 radical (unpaired) electrons. The van der Waals surface area contributed by atoms with Crippen molar-refractivity contribution in [2.45, 2.75) is 32.9 Å². The highest BCUT2D eigenvalue weighted by molar-refractivity contribution is 5.96. The van der Waals surface area contributed by atoms with Crippen LogP contribution in [0.4, 0.5) is 0 Å². The second kappa shape index (κ2) is 8.87. The standard InChI is InChI=1S/C20H23NO4/c1-14(2)12-18(20(23)24)21-19(22)16-8-10-17(11-9-16)25-13-15-6-4-3-5-7-15/h3-11,14,18H,12-13H2,1-2H3,(H,21,22)(H,23,24). The molecule has 2 N–H and O–H groups in total. The van der Waals surface area contributed by atoms with Gasteiger partial charge in [0.2, 0.25) is 0 Å². The molecule has 0 bridgehead atoms. The van der Waals surface area contributed by atoms with Gasteiger partial charge in [0.05, 0.1) is 0 Å². The minimum absolute atomic E-state index is 0.176. The highest BCUT2D eigenvalue weighted by Crippen LogP contribution is 2.15. The minimum Gasteiger partial charge on any atom is -0.489 e. The molecule has 0 aliphatic carbocycles. The van der Waals surface area contributed by atoms with Crippen LogP contribution >= 0.6 is 0 Å². The lowest BCUT2D eigenvalue weighted by atomic mass is 10.0. The molecule has 0 saturated heterocycles. The van der Waals surface area contributed by atoms with E-state index in [2.05, 4.69) is 5.32 Å². The first-order valence-corrected chi connectivity index (χ1v) is 8.26. The predicted octanol–water partition coefficient (Wildman–Crippen LogP) is 3.49. The molecular weight excluding hydrogens is 318 g/mol. The molecule has 132 valence electrons. The average molecular weight is 341 g/mol. The smallest absolute Gasteiger partial charge is 0.326 e. The van der Waals surface area contributed by atoms with Crippen molar-refractivity contribution in [2.24, 2.45) is 5.92 Å². The number of carboxylic acids is 1. The molecule has 0 heterocycles. The summed E-state index contributed by atoms with van der Waals surface area (Å²) >= 11 is 0. The zero-order chi connectivity index (χ0) is 18.2. The van der Waals surface area contributed by atoms with E-state index in [9.17, 15) is 14.7 Å². The zero-order valence-corrected chi connectivity index (χ0v) is 14.4. The maximum absolute atomic E-state index is 12.2. The fourth-order valence-electron chi connectivity index (χ4n) is 2.38. The molecule has 0 spiro atoms. The van der Waals surface area contributed by atoms with Gasteiger partial charge in [-0.25, -0.2) is 4.79 Å². The van der Waals surface area contributed by atoms with Gasteiger partial charge in [-0.2, -0.15) is 0 Å². The third kappa shape index (κ3) is 5.95. The third-order valence-corrected chi connectivity index (χ3v) is 3.68. The number of carboxylic acid groups (broad SMARTS) is 1. The highest BCUT2D eigenvalue weighted by atomic mass is 16.5. The minimum atomic E-state index is -1.02. The topological polar surface area (TPSA) is 75.6 Å². The Morgan fingerprint density at radius 2 is 1.68 bits per heavy atom. The number of rotatable bonds is 8. The molecule has 0 fully saturated rings. The van der Waals surface area contributed by atoms with E-state index in [-0.39, 0.29) is 5.92 Å². The summed E-state index contributed by atoms with van der Waals surface area (Å²) < 4.78 is 5.67. The van der Waals surface area contributed by atoms with Crippen molar-refractivity contribution in [3.05, 3.63) is 65.7 Å². The number of carbonyl (C=O) groups is 2. The third-order valence-electron chi connectivity index (χ3n) is 3.68. The summed E-state index contributed by atoms with van der Waals surface area (Å²) in [6, 6.07) is 15.6. The van der Waals surface area contributed by atoms with Crippen molar-refractivity contribution in [3.8, 4) is 5.75 Å². The second-order valence-corrected chi connectivity index (χ2v) is 6.29. The van der Waals surface area contributed by atoms with Gasteiger partial charge in [0, 0.05) is 5.56 Å². The Hall–Kier alpha value is -2.82. The van der Waals surface area contributed by atoms with Gasteiger partial charge in [0.15, 0.2) is 0 Å². The normalized spacial score (nSPS) is 11.8. The highest BCUT2D eigenvalue weighted by Gasteiger charge is 2.21. The quantitative estimate of drug-likeness (QED) is 0.770. The largest absolute Gasteiger partial charge is 0.489 e. The van der Waals surface area contributed by atoms with Crippen LogP contribution < -0.4 is 10.1 Å². The number of ether oxygens (including phenoxy) is 1. The fraction of sp³-hybridized carbons (Fsp3) is 0.300. The Kier molecular flexibility index (Phi) is 6.57. The first-order valence-electron chi connectivity index (χ1n) is 8.26. The lowest BCUT2D eigenvalue weighted by Crippen LogP contribution is -2.41. The van der Waals surface area contributed by atoms with Crippen molar-refractivity contribution in [3.63, 3.8) is 0 Å². The van der Waals surface area contributed by atoms with Crippen LogP contribution in [0.2, 0.25) is 0 Å². The molecule has 25 heavy (non-hydrogen) atoms. The van der Waals surface area contributed by atoms with Gasteiger partial charge in [-0.05, 0) is 42.2 Å². The van der Waals surface area contributed by atoms with E-state index >= 15 is 0 Å². The van der Waals surface area contributed by atoms with E-state index < -0.39 is 17.9 Å². The summed E-state index contributed by atoms with van der Waals surface area (Å²) in [5.41, 5.74) is 1.46. The number of hydrogen-bond acceptors (Lipinski definition) is 3. The SMILES string of the molecule is CC(C)CC(NC(=O)c1ccc(OCc2ccccc2)cc1)C(=O)O. The van der Waals surface area contributed by atoms with Crippen LogP contribution in [0.5, 0.6) is 5.75 Å². The Morgan fingerprint density at radius 1 is 1.04 bits per heavy atom. The van der Waals surface area contributed by atoms with E-state index in [0.29, 0.717) is 24.3 Å². The maximum atomic E-state index is 12.2. The summed E-state index contributed by atoms with van der Waals surface area (Å²) in [7, 11) is 0. The van der Waals surface area contributed by atoms with Crippen LogP contribution in [-0.2, 0) is 11.4 Å². The molecule has 5 nitrogen and oxygen atoms in total. The van der Waals surface area contributed by atoms with Crippen LogP contribution in [0.1, 0.15) is 36.2 Å². The predicted molar refractivity (Wildman–Crippen MR) is 95.6 cm³/mol. The van der Waals surface area contributed by atoms with Gasteiger partial charge < -0.3 is 15.2 Å². The first-order chi connectivity index (χ1) is 12.0. The van der Waals surface area contributed by atoms with Crippen molar-refractivity contribution >= 4 is 11.9 Å². The van der Waals surface area contributed by atoms with Crippen LogP contribution in [0, 0.1) is 5.92 Å². The van der Waals surface area contributed by atoms with E-state index in [1.807, 2.05) is 44.2 Å². The van der Waals surface area contributed by atoms with Crippen molar-refractivity contribution in [1.29, 1.82) is 0 Å². The van der Waals surface area contributed by atoms with Crippen molar-refractivity contribution in [2.75, 3.05) is 0 Å². The number of carbonyl (C=O) groups excluding carboxylic acids is 1. The van der Waals surface area contributed by atoms with E-state index in [4.69, 9.17) is 4.74 Å².